The first kappa shape index (κ1) is 25.2. The van der Waals surface area contributed by atoms with Crippen LogP contribution in [0.3, 0.4) is 0 Å². The number of benzene rings is 1. The average Bonchev–Trinajstić information content (AvgIpc) is 3.14. The maximum atomic E-state index is 15.4. The topological polar surface area (TPSA) is 115 Å². The summed E-state index contributed by atoms with van der Waals surface area (Å²) in [6.07, 6.45) is 5.29. The SMILES string of the molecule is Cc1nc([C@@H](C)c2cc(Cl)c(F)c(C(=O)N[C@H]3CCCC[C@@H]3O)c2OC(C)C)n2ccnc(N)c12. The van der Waals surface area contributed by atoms with E-state index in [9.17, 15) is 9.90 Å². The number of nitrogen functional groups attached to an aromatic ring is 1. The number of nitrogens with one attached hydrogen (secondary N) is 1. The van der Waals surface area contributed by atoms with Gasteiger partial charge in [-0.1, -0.05) is 31.4 Å². The first-order valence-corrected chi connectivity index (χ1v) is 12.2. The Morgan fingerprint density at radius 1 is 1.34 bits per heavy atom. The molecule has 1 saturated carbocycles. The monoisotopic (exact) mass is 503 g/mol. The van der Waals surface area contributed by atoms with Crippen LogP contribution in [0.25, 0.3) is 5.52 Å². The van der Waals surface area contributed by atoms with Crippen LogP contribution in [0.4, 0.5) is 10.2 Å². The summed E-state index contributed by atoms with van der Waals surface area (Å²) in [6, 6.07) is 1.02. The van der Waals surface area contributed by atoms with Gasteiger partial charge in [-0.3, -0.25) is 9.20 Å². The van der Waals surface area contributed by atoms with Crippen LogP contribution in [-0.4, -0.2) is 43.6 Å². The summed E-state index contributed by atoms with van der Waals surface area (Å²) in [5.74, 6) is -0.892. The Morgan fingerprint density at radius 3 is 2.74 bits per heavy atom. The van der Waals surface area contributed by atoms with Crippen LogP contribution in [0.15, 0.2) is 18.5 Å². The molecule has 0 spiro atoms. The molecule has 8 nitrogen and oxygen atoms in total. The van der Waals surface area contributed by atoms with Gasteiger partial charge in [0.25, 0.3) is 5.91 Å². The highest BCUT2D eigenvalue weighted by atomic mass is 35.5. The summed E-state index contributed by atoms with van der Waals surface area (Å²) >= 11 is 6.31. The lowest BCUT2D eigenvalue weighted by molar-refractivity contribution is 0.0710. The maximum absolute atomic E-state index is 15.4. The zero-order valence-corrected chi connectivity index (χ0v) is 21.1. The molecular formula is C25H31ClFN5O3. The second-order valence-electron chi connectivity index (χ2n) is 9.37. The summed E-state index contributed by atoms with van der Waals surface area (Å²) in [5.41, 5.74) is 7.69. The Labute approximate surface area is 208 Å². The first-order valence-electron chi connectivity index (χ1n) is 11.9. The average molecular weight is 504 g/mol. The third-order valence-electron chi connectivity index (χ3n) is 6.47. The molecule has 35 heavy (non-hydrogen) atoms. The van der Waals surface area contributed by atoms with E-state index in [1.54, 1.807) is 26.2 Å². The van der Waals surface area contributed by atoms with Gasteiger partial charge in [-0.15, -0.1) is 0 Å². The van der Waals surface area contributed by atoms with Gasteiger partial charge in [-0.05, 0) is 39.7 Å². The zero-order valence-electron chi connectivity index (χ0n) is 20.3. The van der Waals surface area contributed by atoms with Gasteiger partial charge in [0.1, 0.15) is 28.5 Å². The normalized spacial score (nSPS) is 19.2. The zero-order chi connectivity index (χ0) is 25.4. The molecule has 1 aromatic carbocycles. The number of aliphatic hydroxyl groups is 1. The van der Waals surface area contributed by atoms with Crippen molar-refractivity contribution in [2.45, 2.75) is 77.5 Å². The molecule has 188 valence electrons. The number of aryl methyl sites for hydroxylation is 1. The molecule has 4 N–H and O–H groups in total. The number of ether oxygens (including phenoxy) is 1. The van der Waals surface area contributed by atoms with Crippen molar-refractivity contribution in [1.29, 1.82) is 0 Å². The van der Waals surface area contributed by atoms with E-state index in [0.29, 0.717) is 41.3 Å². The van der Waals surface area contributed by atoms with Crippen LogP contribution in [0.2, 0.25) is 5.02 Å². The van der Waals surface area contributed by atoms with Gasteiger partial charge in [-0.25, -0.2) is 14.4 Å². The number of hydrogen-bond acceptors (Lipinski definition) is 6. The van der Waals surface area contributed by atoms with Crippen LogP contribution >= 0.6 is 11.6 Å². The van der Waals surface area contributed by atoms with Crippen molar-refractivity contribution in [2.75, 3.05) is 5.73 Å². The van der Waals surface area contributed by atoms with Crippen LogP contribution in [0, 0.1) is 12.7 Å². The summed E-state index contributed by atoms with van der Waals surface area (Å²) in [6.45, 7) is 7.32. The fraction of sp³-hybridized carbons (Fsp3) is 0.480. The van der Waals surface area contributed by atoms with E-state index in [-0.39, 0.29) is 22.4 Å². The molecule has 1 fully saturated rings. The number of nitrogens with zero attached hydrogens (tertiary/aromatic N) is 3. The number of hydrogen-bond donors (Lipinski definition) is 3. The minimum atomic E-state index is -0.862. The van der Waals surface area contributed by atoms with Gasteiger partial charge in [-0.2, -0.15) is 0 Å². The predicted octanol–water partition coefficient (Wildman–Crippen LogP) is 4.38. The fourth-order valence-corrected chi connectivity index (χ4v) is 4.96. The maximum Gasteiger partial charge on any atom is 0.258 e. The van der Waals surface area contributed by atoms with Crippen molar-refractivity contribution >= 4 is 28.8 Å². The number of fused-ring (bicyclic) bond motifs is 1. The van der Waals surface area contributed by atoms with Gasteiger partial charge in [0.15, 0.2) is 5.82 Å². The van der Waals surface area contributed by atoms with Crippen molar-refractivity contribution < 1.29 is 19.0 Å². The summed E-state index contributed by atoms with van der Waals surface area (Å²) < 4.78 is 23.3. The van der Waals surface area contributed by atoms with Crippen molar-refractivity contribution in [3.63, 3.8) is 0 Å². The number of halogens is 2. The molecule has 3 atom stereocenters. The number of imidazole rings is 1. The molecule has 0 aliphatic heterocycles. The smallest absolute Gasteiger partial charge is 0.258 e. The molecule has 10 heteroatoms. The number of carbonyl (C=O) groups excluding carboxylic acids is 1. The Morgan fingerprint density at radius 2 is 2.06 bits per heavy atom. The highest BCUT2D eigenvalue weighted by Crippen LogP contribution is 2.40. The van der Waals surface area contributed by atoms with Gasteiger partial charge in [0.05, 0.1) is 29.0 Å². The minimum Gasteiger partial charge on any atom is -0.490 e. The number of aliphatic hydroxyl groups excluding tert-OH is 1. The molecule has 1 aliphatic carbocycles. The van der Waals surface area contributed by atoms with E-state index in [1.807, 2.05) is 18.2 Å². The van der Waals surface area contributed by atoms with Crippen LogP contribution in [0.1, 0.15) is 79.8 Å². The summed E-state index contributed by atoms with van der Waals surface area (Å²) in [7, 11) is 0. The van der Waals surface area contributed by atoms with Crippen LogP contribution < -0.4 is 15.8 Å². The lowest BCUT2D eigenvalue weighted by atomic mass is 9.91. The predicted molar refractivity (Wildman–Crippen MR) is 133 cm³/mol. The standard InChI is InChI=1S/C25H31ClFN5O3/c1-12(2)35-22-15(13(3)24-30-14(4)21-23(28)29-9-10-32(21)24)11-16(26)20(27)19(22)25(34)31-17-7-5-6-8-18(17)33/h9-13,17-18,33H,5-8H2,1-4H3,(H2,28,29)(H,31,34)/t13-,17-,18-/m0/s1. The third-order valence-corrected chi connectivity index (χ3v) is 6.74. The van der Waals surface area contributed by atoms with Gasteiger partial charge >= 0.3 is 0 Å². The quantitative estimate of drug-likeness (QED) is 0.459. The Balaban J connectivity index is 1.84. The molecule has 0 radical (unpaired) electrons. The van der Waals surface area contributed by atoms with E-state index in [2.05, 4.69) is 10.3 Å². The highest BCUT2D eigenvalue weighted by Gasteiger charge is 2.32. The minimum absolute atomic E-state index is 0.105. The van der Waals surface area contributed by atoms with E-state index < -0.39 is 29.8 Å². The molecule has 3 aromatic rings. The van der Waals surface area contributed by atoms with E-state index in [0.717, 1.165) is 12.8 Å². The number of rotatable bonds is 6. The molecule has 0 unspecified atom stereocenters. The molecule has 1 amide bonds. The van der Waals surface area contributed by atoms with Gasteiger partial charge < -0.3 is 20.9 Å². The number of anilines is 1. The number of carbonyl (C=O) groups is 1. The third kappa shape index (κ3) is 4.79. The highest BCUT2D eigenvalue weighted by molar-refractivity contribution is 6.31. The second kappa shape index (κ2) is 9.99. The Bertz CT molecular complexity index is 1260. The largest absolute Gasteiger partial charge is 0.490 e. The van der Waals surface area contributed by atoms with E-state index >= 15 is 4.39 Å². The van der Waals surface area contributed by atoms with E-state index in [4.69, 9.17) is 27.1 Å². The van der Waals surface area contributed by atoms with E-state index in [1.165, 1.54) is 6.07 Å². The second-order valence-corrected chi connectivity index (χ2v) is 9.78. The van der Waals surface area contributed by atoms with Crippen molar-refractivity contribution in [1.82, 2.24) is 19.7 Å². The van der Waals surface area contributed by atoms with Gasteiger partial charge in [0, 0.05) is 23.9 Å². The Kier molecular flexibility index (Phi) is 7.19. The molecule has 4 rings (SSSR count). The summed E-state index contributed by atoms with van der Waals surface area (Å²) in [5, 5.41) is 12.9. The molecular weight excluding hydrogens is 473 g/mol. The molecule has 1 aliphatic rings. The molecule has 2 aromatic heterocycles. The van der Waals surface area contributed by atoms with Crippen molar-refractivity contribution in [3.05, 3.63) is 51.9 Å². The number of nitrogens with two attached hydrogens (primary N) is 1. The first-order chi connectivity index (χ1) is 16.6. The van der Waals surface area contributed by atoms with Gasteiger partial charge in [0.2, 0.25) is 0 Å². The fourth-order valence-electron chi connectivity index (χ4n) is 4.75. The van der Waals surface area contributed by atoms with Crippen molar-refractivity contribution in [2.24, 2.45) is 0 Å². The molecule has 0 saturated heterocycles. The van der Waals surface area contributed by atoms with Crippen LogP contribution in [0.5, 0.6) is 5.75 Å². The molecule has 2 heterocycles. The lowest BCUT2D eigenvalue weighted by Gasteiger charge is -2.29. The summed E-state index contributed by atoms with van der Waals surface area (Å²) in [4.78, 5) is 22.2. The van der Waals surface area contributed by atoms with Crippen molar-refractivity contribution in [3.8, 4) is 5.75 Å². The molecule has 0 bridgehead atoms. The number of amides is 1. The Hall–Kier alpha value is -2.91. The number of aromatic nitrogens is 3. The van der Waals surface area contributed by atoms with Crippen LogP contribution in [-0.2, 0) is 0 Å². The lowest BCUT2D eigenvalue weighted by Crippen LogP contribution is -2.45.